The molecule has 0 aliphatic heterocycles. The van der Waals surface area contributed by atoms with Gasteiger partial charge in [-0.3, -0.25) is 9.48 Å². The Kier molecular flexibility index (Phi) is 5.19. The van der Waals surface area contributed by atoms with Crippen LogP contribution in [0.2, 0.25) is 0 Å². The molecule has 0 bridgehead atoms. The number of Topliss-reactive ketones (excluding diaryl/α,β-unsaturated/α-hetero) is 1. The lowest BCUT2D eigenvalue weighted by molar-refractivity contribution is 0.0656. The number of ether oxygens (including phenoxy) is 1. The molecule has 0 radical (unpaired) electrons. The number of aryl methyl sites for hydroxylation is 1. The van der Waals surface area contributed by atoms with E-state index in [2.05, 4.69) is 21.0 Å². The Morgan fingerprint density at radius 1 is 1.38 bits per heavy atom. The molecular weight excluding hydrogens is 406 g/mol. The second-order valence-corrected chi connectivity index (χ2v) is 7.90. The molecule has 0 N–H and O–H groups in total. The molecule has 140 valence electrons. The maximum absolute atomic E-state index is 13.9. The summed E-state index contributed by atoms with van der Waals surface area (Å²) in [6, 6.07) is 2.43. The van der Waals surface area contributed by atoms with Crippen LogP contribution in [0.1, 0.15) is 47.9 Å². The molecule has 1 aromatic carbocycles. The average molecular weight is 427 g/mol. The fourth-order valence-electron chi connectivity index (χ4n) is 3.25. The molecule has 1 aromatic heterocycles. The number of rotatable bonds is 6. The third kappa shape index (κ3) is 3.29. The highest BCUT2D eigenvalue weighted by atomic mass is 79.9. The molecule has 0 amide bonds. The van der Waals surface area contributed by atoms with E-state index in [1.54, 1.807) is 11.7 Å². The quantitative estimate of drug-likeness (QED) is 0.493. The lowest BCUT2D eigenvalue weighted by Gasteiger charge is -2.36. The van der Waals surface area contributed by atoms with Crippen molar-refractivity contribution in [3.05, 3.63) is 45.2 Å². The van der Waals surface area contributed by atoms with Crippen LogP contribution in [-0.2, 0) is 13.5 Å². The molecule has 2 aromatic rings. The standard InChI is InChI=1S/C19H21BrF2N2O2/c1-11-12(7-10-26-17-13(20)5-6-14(21)15(17)22)16(23-24(11)3)18(25)19(2)8-4-9-19/h5-6H,4,7-10H2,1-3H3. The fraction of sp³-hybridized carbons (Fsp3) is 0.474. The zero-order valence-corrected chi connectivity index (χ0v) is 16.6. The molecule has 7 heteroatoms. The minimum Gasteiger partial charge on any atom is -0.489 e. The summed E-state index contributed by atoms with van der Waals surface area (Å²) < 4.78 is 34.8. The minimum atomic E-state index is -1.03. The zero-order chi connectivity index (χ0) is 19.1. The van der Waals surface area contributed by atoms with Crippen LogP contribution >= 0.6 is 15.9 Å². The molecule has 1 aliphatic carbocycles. The van der Waals surface area contributed by atoms with Gasteiger partial charge in [0.25, 0.3) is 0 Å². The van der Waals surface area contributed by atoms with Gasteiger partial charge in [-0.25, -0.2) is 4.39 Å². The van der Waals surface area contributed by atoms with Crippen molar-refractivity contribution in [1.82, 2.24) is 9.78 Å². The molecule has 0 saturated heterocycles. The largest absolute Gasteiger partial charge is 0.489 e. The number of benzene rings is 1. The van der Waals surface area contributed by atoms with Crippen LogP contribution in [0.4, 0.5) is 8.78 Å². The van der Waals surface area contributed by atoms with Gasteiger partial charge in [0.2, 0.25) is 5.82 Å². The Morgan fingerprint density at radius 3 is 2.69 bits per heavy atom. The summed E-state index contributed by atoms with van der Waals surface area (Å²) in [4.78, 5) is 12.9. The van der Waals surface area contributed by atoms with Gasteiger partial charge in [-0.2, -0.15) is 9.49 Å². The molecule has 1 heterocycles. The maximum atomic E-state index is 13.9. The number of halogens is 3. The van der Waals surface area contributed by atoms with E-state index in [-0.39, 0.29) is 23.6 Å². The van der Waals surface area contributed by atoms with Gasteiger partial charge in [0.15, 0.2) is 17.3 Å². The number of hydrogen-bond acceptors (Lipinski definition) is 3. The highest BCUT2D eigenvalue weighted by Crippen LogP contribution is 2.43. The van der Waals surface area contributed by atoms with Crippen LogP contribution in [0.15, 0.2) is 16.6 Å². The summed E-state index contributed by atoms with van der Waals surface area (Å²) in [6.45, 7) is 3.98. The second-order valence-electron chi connectivity index (χ2n) is 7.05. The van der Waals surface area contributed by atoms with E-state index in [0.29, 0.717) is 16.6 Å². The Labute approximate surface area is 159 Å². The van der Waals surface area contributed by atoms with Gasteiger partial charge in [0.1, 0.15) is 5.69 Å². The fourth-order valence-corrected chi connectivity index (χ4v) is 3.67. The third-order valence-corrected chi connectivity index (χ3v) is 5.90. The molecular formula is C19H21BrF2N2O2. The van der Waals surface area contributed by atoms with Crippen molar-refractivity contribution in [2.24, 2.45) is 12.5 Å². The van der Waals surface area contributed by atoms with Gasteiger partial charge in [0, 0.05) is 30.1 Å². The van der Waals surface area contributed by atoms with Crippen LogP contribution in [0.25, 0.3) is 0 Å². The molecule has 1 aliphatic rings. The SMILES string of the molecule is Cc1c(CCOc2c(Br)ccc(F)c2F)c(C(=O)C2(C)CCC2)nn1C. The normalized spacial score (nSPS) is 15.6. The first-order valence-electron chi connectivity index (χ1n) is 8.58. The van der Waals surface area contributed by atoms with E-state index < -0.39 is 11.6 Å². The Balaban J connectivity index is 1.79. The number of carbonyl (C=O) groups excluding carboxylic acids is 1. The molecule has 0 atom stereocenters. The van der Waals surface area contributed by atoms with Crippen LogP contribution in [-0.4, -0.2) is 22.2 Å². The first kappa shape index (κ1) is 19.0. The predicted molar refractivity (Wildman–Crippen MR) is 97.5 cm³/mol. The van der Waals surface area contributed by atoms with Gasteiger partial charge >= 0.3 is 0 Å². The molecule has 1 fully saturated rings. The highest BCUT2D eigenvalue weighted by Gasteiger charge is 2.41. The smallest absolute Gasteiger partial charge is 0.201 e. The summed E-state index contributed by atoms with van der Waals surface area (Å²) in [6.07, 6.45) is 3.19. The Bertz CT molecular complexity index is 860. The summed E-state index contributed by atoms with van der Waals surface area (Å²) in [5, 5.41) is 4.40. The van der Waals surface area contributed by atoms with Gasteiger partial charge in [0.05, 0.1) is 11.1 Å². The first-order chi connectivity index (χ1) is 12.2. The highest BCUT2D eigenvalue weighted by molar-refractivity contribution is 9.10. The van der Waals surface area contributed by atoms with Crippen molar-refractivity contribution < 1.29 is 18.3 Å². The first-order valence-corrected chi connectivity index (χ1v) is 9.37. The van der Waals surface area contributed by atoms with Gasteiger partial charge in [-0.05, 0) is 47.8 Å². The lowest BCUT2D eigenvalue weighted by Crippen LogP contribution is -2.35. The number of nitrogens with zero attached hydrogens (tertiary/aromatic N) is 2. The second kappa shape index (κ2) is 7.10. The third-order valence-electron chi connectivity index (χ3n) is 5.28. The Hall–Kier alpha value is -1.76. The molecule has 0 unspecified atom stereocenters. The van der Waals surface area contributed by atoms with Crippen molar-refractivity contribution in [1.29, 1.82) is 0 Å². The topological polar surface area (TPSA) is 44.1 Å². The van der Waals surface area contributed by atoms with Gasteiger partial charge in [-0.15, -0.1) is 0 Å². The molecule has 26 heavy (non-hydrogen) atoms. The number of carbonyl (C=O) groups is 1. The summed E-state index contributed by atoms with van der Waals surface area (Å²) >= 11 is 3.16. The van der Waals surface area contributed by atoms with E-state index in [4.69, 9.17) is 4.74 Å². The van der Waals surface area contributed by atoms with Crippen LogP contribution in [0.3, 0.4) is 0 Å². The molecule has 1 saturated carbocycles. The zero-order valence-electron chi connectivity index (χ0n) is 15.0. The van der Waals surface area contributed by atoms with Crippen LogP contribution in [0, 0.1) is 24.0 Å². The summed E-state index contributed by atoms with van der Waals surface area (Å²) in [5.41, 5.74) is 1.81. The van der Waals surface area contributed by atoms with Gasteiger partial charge < -0.3 is 4.74 Å². The number of ketones is 1. The van der Waals surface area contributed by atoms with E-state index in [1.807, 2.05) is 13.8 Å². The van der Waals surface area contributed by atoms with E-state index in [9.17, 15) is 13.6 Å². The molecule has 3 rings (SSSR count). The van der Waals surface area contributed by atoms with Crippen molar-refractivity contribution >= 4 is 21.7 Å². The maximum Gasteiger partial charge on any atom is 0.201 e. The lowest BCUT2D eigenvalue weighted by atomic mass is 9.66. The van der Waals surface area contributed by atoms with E-state index >= 15 is 0 Å². The summed E-state index contributed by atoms with van der Waals surface area (Å²) in [5.74, 6) is -2.10. The van der Waals surface area contributed by atoms with Crippen LogP contribution < -0.4 is 4.74 Å². The number of hydrogen-bond donors (Lipinski definition) is 0. The predicted octanol–water partition coefficient (Wildman–Crippen LogP) is 4.76. The van der Waals surface area contributed by atoms with Crippen LogP contribution in [0.5, 0.6) is 5.75 Å². The van der Waals surface area contributed by atoms with Crippen molar-refractivity contribution in [3.63, 3.8) is 0 Å². The van der Waals surface area contributed by atoms with E-state index in [1.165, 1.54) is 6.07 Å². The van der Waals surface area contributed by atoms with E-state index in [0.717, 1.165) is 36.6 Å². The van der Waals surface area contributed by atoms with Gasteiger partial charge in [-0.1, -0.05) is 13.3 Å². The summed E-state index contributed by atoms with van der Waals surface area (Å²) in [7, 11) is 1.79. The Morgan fingerprint density at radius 2 is 2.08 bits per heavy atom. The molecule has 0 spiro atoms. The minimum absolute atomic E-state index is 0.0561. The van der Waals surface area contributed by atoms with Crippen molar-refractivity contribution in [3.8, 4) is 5.75 Å². The van der Waals surface area contributed by atoms with Crippen molar-refractivity contribution in [2.45, 2.75) is 39.5 Å². The molecule has 4 nitrogen and oxygen atoms in total. The average Bonchev–Trinajstić information content (AvgIpc) is 2.86. The number of aromatic nitrogens is 2. The van der Waals surface area contributed by atoms with Crippen molar-refractivity contribution in [2.75, 3.05) is 6.61 Å². The monoisotopic (exact) mass is 426 g/mol.